The molecular formula is C17H16N2O2. The van der Waals surface area contributed by atoms with Crippen LogP contribution in [-0.2, 0) is 6.54 Å². The van der Waals surface area contributed by atoms with E-state index in [1.54, 1.807) is 31.4 Å². The van der Waals surface area contributed by atoms with Gasteiger partial charge in [0.05, 0.1) is 18.7 Å². The van der Waals surface area contributed by atoms with Gasteiger partial charge in [-0.3, -0.25) is 4.79 Å². The minimum Gasteiger partial charge on any atom is -0.496 e. The molecule has 0 atom stereocenters. The summed E-state index contributed by atoms with van der Waals surface area (Å²) in [6.07, 6.45) is 0.824. The molecule has 106 valence electrons. The Morgan fingerprint density at radius 3 is 2.52 bits per heavy atom. The molecule has 0 amide bonds. The fourth-order valence-corrected chi connectivity index (χ4v) is 2.13. The van der Waals surface area contributed by atoms with E-state index in [4.69, 9.17) is 10.00 Å². The average Bonchev–Trinajstić information content (AvgIpc) is 2.54. The summed E-state index contributed by atoms with van der Waals surface area (Å²) in [5.41, 5.74) is 3.19. The van der Waals surface area contributed by atoms with Crippen molar-refractivity contribution >= 4 is 12.0 Å². The van der Waals surface area contributed by atoms with Gasteiger partial charge >= 0.3 is 0 Å². The zero-order valence-corrected chi connectivity index (χ0v) is 12.0. The van der Waals surface area contributed by atoms with Crippen molar-refractivity contribution in [1.29, 1.82) is 5.26 Å². The van der Waals surface area contributed by atoms with E-state index >= 15 is 0 Å². The lowest BCUT2D eigenvalue weighted by molar-refractivity contribution is 0.112. The van der Waals surface area contributed by atoms with E-state index in [9.17, 15) is 4.79 Å². The fraction of sp³-hybridized carbons (Fsp3) is 0.176. The molecule has 0 aliphatic rings. The first-order valence-corrected chi connectivity index (χ1v) is 6.51. The van der Waals surface area contributed by atoms with Gasteiger partial charge in [0.25, 0.3) is 0 Å². The van der Waals surface area contributed by atoms with Gasteiger partial charge in [-0.1, -0.05) is 0 Å². The first-order chi connectivity index (χ1) is 10.2. The Hall–Kier alpha value is -2.80. The Bertz CT molecular complexity index is 672. The monoisotopic (exact) mass is 280 g/mol. The number of hydrogen-bond acceptors (Lipinski definition) is 4. The van der Waals surface area contributed by atoms with Crippen LogP contribution in [0.25, 0.3) is 0 Å². The quantitative estimate of drug-likeness (QED) is 0.790. The van der Waals surface area contributed by atoms with Gasteiger partial charge in [-0.05, 0) is 42.5 Å². The number of anilines is 1. The Morgan fingerprint density at radius 1 is 1.24 bits per heavy atom. The van der Waals surface area contributed by atoms with Crippen LogP contribution in [0.3, 0.4) is 0 Å². The highest BCUT2D eigenvalue weighted by molar-refractivity contribution is 5.75. The minimum atomic E-state index is 0.608. The van der Waals surface area contributed by atoms with Crippen molar-refractivity contribution in [2.45, 2.75) is 6.54 Å². The summed E-state index contributed by atoms with van der Waals surface area (Å²) in [6, 6.07) is 14.8. The third-order valence-corrected chi connectivity index (χ3v) is 3.29. The van der Waals surface area contributed by atoms with Gasteiger partial charge in [0.1, 0.15) is 12.0 Å². The third-order valence-electron chi connectivity index (χ3n) is 3.29. The molecule has 0 unspecified atom stereocenters. The van der Waals surface area contributed by atoms with Gasteiger partial charge in [0.2, 0.25) is 0 Å². The summed E-state index contributed by atoms with van der Waals surface area (Å²) in [7, 11) is 3.57. The normalized spacial score (nSPS) is 9.76. The van der Waals surface area contributed by atoms with E-state index in [-0.39, 0.29) is 0 Å². The molecule has 0 fully saturated rings. The number of ether oxygens (including phenoxy) is 1. The molecule has 21 heavy (non-hydrogen) atoms. The molecule has 2 aromatic carbocycles. The van der Waals surface area contributed by atoms with E-state index in [0.29, 0.717) is 17.7 Å². The molecule has 0 spiro atoms. The summed E-state index contributed by atoms with van der Waals surface area (Å²) < 4.78 is 5.33. The van der Waals surface area contributed by atoms with Crippen molar-refractivity contribution < 1.29 is 9.53 Å². The summed E-state index contributed by atoms with van der Waals surface area (Å²) in [4.78, 5) is 12.9. The first kappa shape index (κ1) is 14.6. The molecule has 0 radical (unpaired) electrons. The predicted octanol–water partition coefficient (Wildman–Crippen LogP) is 3.02. The maximum absolute atomic E-state index is 10.9. The molecule has 0 aliphatic heterocycles. The second-order valence-corrected chi connectivity index (χ2v) is 4.70. The van der Waals surface area contributed by atoms with Gasteiger partial charge in [-0.2, -0.15) is 5.26 Å². The number of nitrogens with zero attached hydrogens (tertiary/aromatic N) is 2. The highest BCUT2D eigenvalue weighted by atomic mass is 16.5. The van der Waals surface area contributed by atoms with Crippen molar-refractivity contribution in [2.75, 3.05) is 19.1 Å². The van der Waals surface area contributed by atoms with Crippen molar-refractivity contribution in [1.82, 2.24) is 0 Å². The highest BCUT2D eigenvalue weighted by Gasteiger charge is 2.08. The van der Waals surface area contributed by atoms with Gasteiger partial charge in [-0.15, -0.1) is 0 Å². The highest BCUT2D eigenvalue weighted by Crippen LogP contribution is 2.23. The predicted molar refractivity (Wildman–Crippen MR) is 81.6 cm³/mol. The van der Waals surface area contributed by atoms with Crippen molar-refractivity contribution in [2.24, 2.45) is 0 Å². The van der Waals surface area contributed by atoms with E-state index in [1.165, 1.54) is 0 Å². The number of aldehydes is 1. The molecule has 4 heteroatoms. The SMILES string of the molecule is COc1ccc(C=O)cc1CN(C)c1ccc(C#N)cc1. The number of rotatable bonds is 5. The van der Waals surface area contributed by atoms with Crippen LogP contribution in [0.1, 0.15) is 21.5 Å². The lowest BCUT2D eigenvalue weighted by Crippen LogP contribution is -2.17. The molecule has 0 saturated carbocycles. The Kier molecular flexibility index (Phi) is 4.57. The first-order valence-electron chi connectivity index (χ1n) is 6.51. The smallest absolute Gasteiger partial charge is 0.150 e. The Morgan fingerprint density at radius 2 is 1.95 bits per heavy atom. The zero-order chi connectivity index (χ0) is 15.2. The summed E-state index contributed by atoms with van der Waals surface area (Å²) >= 11 is 0. The topological polar surface area (TPSA) is 53.3 Å². The molecule has 0 saturated heterocycles. The van der Waals surface area contributed by atoms with Gasteiger partial charge < -0.3 is 9.64 Å². The summed E-state index contributed by atoms with van der Waals surface area (Å²) in [6.45, 7) is 0.608. The number of carbonyl (C=O) groups is 1. The number of hydrogen-bond donors (Lipinski definition) is 0. The number of benzene rings is 2. The number of carbonyl (C=O) groups excluding carboxylic acids is 1. The van der Waals surface area contributed by atoms with Crippen LogP contribution in [0.4, 0.5) is 5.69 Å². The average molecular weight is 280 g/mol. The van der Waals surface area contributed by atoms with Gasteiger partial charge in [-0.25, -0.2) is 0 Å². The second kappa shape index (κ2) is 6.58. The van der Waals surface area contributed by atoms with E-state index < -0.39 is 0 Å². The molecule has 4 nitrogen and oxygen atoms in total. The Balaban J connectivity index is 2.23. The van der Waals surface area contributed by atoms with Crippen molar-refractivity contribution in [3.63, 3.8) is 0 Å². The van der Waals surface area contributed by atoms with Crippen LogP contribution in [0.5, 0.6) is 5.75 Å². The second-order valence-electron chi connectivity index (χ2n) is 4.70. The van der Waals surface area contributed by atoms with Crippen molar-refractivity contribution in [3.05, 3.63) is 59.2 Å². The molecule has 0 heterocycles. The minimum absolute atomic E-state index is 0.608. The fourth-order valence-electron chi connectivity index (χ4n) is 2.13. The number of nitriles is 1. The molecule has 2 rings (SSSR count). The van der Waals surface area contributed by atoms with Gasteiger partial charge in [0.15, 0.2) is 0 Å². The lowest BCUT2D eigenvalue weighted by Gasteiger charge is -2.21. The zero-order valence-electron chi connectivity index (χ0n) is 12.0. The Labute approximate surface area is 124 Å². The molecular weight excluding hydrogens is 264 g/mol. The molecule has 0 bridgehead atoms. The molecule has 0 N–H and O–H groups in total. The van der Waals surface area contributed by atoms with Crippen LogP contribution < -0.4 is 9.64 Å². The van der Waals surface area contributed by atoms with E-state index in [0.717, 1.165) is 23.3 Å². The molecule has 0 aromatic heterocycles. The van der Waals surface area contributed by atoms with Crippen LogP contribution in [0.15, 0.2) is 42.5 Å². The molecule has 2 aromatic rings. The van der Waals surface area contributed by atoms with Crippen LogP contribution in [0, 0.1) is 11.3 Å². The molecule has 0 aliphatic carbocycles. The van der Waals surface area contributed by atoms with Gasteiger partial charge in [0, 0.05) is 30.4 Å². The summed E-state index contributed by atoms with van der Waals surface area (Å²) in [5.74, 6) is 0.751. The lowest BCUT2D eigenvalue weighted by atomic mass is 10.1. The third kappa shape index (κ3) is 3.40. The van der Waals surface area contributed by atoms with E-state index in [2.05, 4.69) is 6.07 Å². The maximum atomic E-state index is 10.9. The largest absolute Gasteiger partial charge is 0.496 e. The van der Waals surface area contributed by atoms with Crippen molar-refractivity contribution in [3.8, 4) is 11.8 Å². The summed E-state index contributed by atoms with van der Waals surface area (Å²) in [5, 5.41) is 8.82. The maximum Gasteiger partial charge on any atom is 0.150 e. The van der Waals surface area contributed by atoms with Crippen LogP contribution >= 0.6 is 0 Å². The standard InChI is InChI=1S/C17H16N2O2/c1-19(16-6-3-13(10-18)4-7-16)11-15-9-14(12-20)5-8-17(15)21-2/h3-9,12H,11H2,1-2H3. The number of methoxy groups -OCH3 is 1. The van der Waals surface area contributed by atoms with Crippen LogP contribution in [0.2, 0.25) is 0 Å². The van der Waals surface area contributed by atoms with Crippen LogP contribution in [-0.4, -0.2) is 20.4 Å². The van der Waals surface area contributed by atoms with E-state index in [1.807, 2.05) is 30.1 Å².